The lowest BCUT2D eigenvalue weighted by atomic mass is 9.89. The van der Waals surface area contributed by atoms with E-state index < -0.39 is 0 Å². The summed E-state index contributed by atoms with van der Waals surface area (Å²) in [5.41, 5.74) is 0.611. The third-order valence-electron chi connectivity index (χ3n) is 5.16. The van der Waals surface area contributed by atoms with E-state index in [4.69, 9.17) is 0 Å². The highest BCUT2D eigenvalue weighted by atomic mass is 16.2. The van der Waals surface area contributed by atoms with E-state index >= 15 is 0 Å². The van der Waals surface area contributed by atoms with Gasteiger partial charge in [-0.15, -0.1) is 0 Å². The van der Waals surface area contributed by atoms with Gasteiger partial charge in [-0.05, 0) is 43.4 Å². The van der Waals surface area contributed by atoms with Crippen molar-refractivity contribution < 1.29 is 9.59 Å². The maximum atomic E-state index is 12.5. The summed E-state index contributed by atoms with van der Waals surface area (Å²) in [6, 6.07) is 3.56. The molecule has 0 unspecified atom stereocenters. The Morgan fingerprint density at radius 2 is 1.76 bits per heavy atom. The van der Waals surface area contributed by atoms with E-state index in [1.54, 1.807) is 30.6 Å². The molecular weight excluding hydrogens is 314 g/mol. The first-order valence-electron chi connectivity index (χ1n) is 9.40. The van der Waals surface area contributed by atoms with Crippen LogP contribution >= 0.6 is 0 Å². The van der Waals surface area contributed by atoms with Crippen LogP contribution in [0.15, 0.2) is 36.7 Å². The first-order valence-corrected chi connectivity index (χ1v) is 9.40. The number of carbonyl (C=O) groups is 2. The van der Waals surface area contributed by atoms with E-state index in [1.807, 2.05) is 9.80 Å². The van der Waals surface area contributed by atoms with Crippen LogP contribution in [0.2, 0.25) is 0 Å². The molecule has 0 N–H and O–H groups in total. The SMILES string of the molecule is O=C(/C=C/C1CCCCC1)N1CCCN(C(=O)c2cccnc2)CC1. The van der Waals surface area contributed by atoms with Crippen LogP contribution in [0.4, 0.5) is 0 Å². The maximum absolute atomic E-state index is 12.5. The lowest BCUT2D eigenvalue weighted by Gasteiger charge is -2.22. The van der Waals surface area contributed by atoms with Gasteiger partial charge in [0, 0.05) is 38.6 Å². The fourth-order valence-electron chi connectivity index (χ4n) is 3.66. The minimum atomic E-state index is 0.000136. The van der Waals surface area contributed by atoms with Crippen molar-refractivity contribution >= 4 is 11.8 Å². The zero-order valence-corrected chi connectivity index (χ0v) is 14.8. The maximum Gasteiger partial charge on any atom is 0.255 e. The molecule has 2 heterocycles. The minimum Gasteiger partial charge on any atom is -0.337 e. The normalized spacial score (nSPS) is 19.8. The van der Waals surface area contributed by atoms with Gasteiger partial charge in [-0.1, -0.05) is 25.3 Å². The molecule has 1 aliphatic carbocycles. The van der Waals surface area contributed by atoms with Crippen molar-refractivity contribution in [1.29, 1.82) is 0 Å². The molecule has 0 radical (unpaired) electrons. The summed E-state index contributed by atoms with van der Waals surface area (Å²) in [6.45, 7) is 2.57. The summed E-state index contributed by atoms with van der Waals surface area (Å²) in [5, 5.41) is 0. The topological polar surface area (TPSA) is 53.5 Å². The summed E-state index contributed by atoms with van der Waals surface area (Å²) >= 11 is 0. The number of amides is 2. The Labute approximate surface area is 149 Å². The number of nitrogens with zero attached hydrogens (tertiary/aromatic N) is 3. The molecule has 25 heavy (non-hydrogen) atoms. The van der Waals surface area contributed by atoms with Crippen LogP contribution in [0.3, 0.4) is 0 Å². The standard InChI is InChI=1S/C20H27N3O2/c24-19(10-9-17-6-2-1-3-7-17)22-12-5-13-23(15-14-22)20(25)18-8-4-11-21-16-18/h4,8-11,16-17H,1-3,5-7,12-15H2/b10-9+. The van der Waals surface area contributed by atoms with E-state index in [9.17, 15) is 9.59 Å². The lowest BCUT2D eigenvalue weighted by molar-refractivity contribution is -0.125. The van der Waals surface area contributed by atoms with Gasteiger partial charge in [0.1, 0.15) is 0 Å². The molecule has 1 aliphatic heterocycles. The van der Waals surface area contributed by atoms with Gasteiger partial charge in [0.15, 0.2) is 0 Å². The zero-order valence-electron chi connectivity index (χ0n) is 14.8. The van der Waals surface area contributed by atoms with Crippen LogP contribution < -0.4 is 0 Å². The summed E-state index contributed by atoms with van der Waals surface area (Å²) in [4.78, 5) is 32.7. The number of pyridine rings is 1. The van der Waals surface area contributed by atoms with Crippen LogP contribution in [0.1, 0.15) is 48.9 Å². The molecule has 2 fully saturated rings. The summed E-state index contributed by atoms with van der Waals surface area (Å²) in [7, 11) is 0. The van der Waals surface area contributed by atoms with Crippen molar-refractivity contribution in [3.05, 3.63) is 42.2 Å². The monoisotopic (exact) mass is 341 g/mol. The number of allylic oxidation sites excluding steroid dienone is 1. The Hall–Kier alpha value is -2.17. The summed E-state index contributed by atoms with van der Waals surface area (Å²) < 4.78 is 0. The van der Waals surface area contributed by atoms with Crippen LogP contribution in [0.5, 0.6) is 0 Å². The van der Waals surface area contributed by atoms with Gasteiger partial charge in [0.05, 0.1) is 5.56 Å². The number of hydrogen-bond donors (Lipinski definition) is 0. The second-order valence-corrected chi connectivity index (χ2v) is 6.97. The Balaban J connectivity index is 1.53. The third kappa shape index (κ3) is 4.91. The molecule has 0 spiro atoms. The van der Waals surface area contributed by atoms with Gasteiger partial charge in [0.2, 0.25) is 5.91 Å². The fraction of sp³-hybridized carbons (Fsp3) is 0.550. The highest BCUT2D eigenvalue weighted by Gasteiger charge is 2.22. The highest BCUT2D eigenvalue weighted by molar-refractivity contribution is 5.94. The molecule has 0 aromatic carbocycles. The molecule has 1 aromatic rings. The molecular formula is C20H27N3O2. The van der Waals surface area contributed by atoms with Gasteiger partial charge < -0.3 is 9.80 Å². The molecule has 2 aliphatic rings. The largest absolute Gasteiger partial charge is 0.337 e. The second-order valence-electron chi connectivity index (χ2n) is 6.97. The third-order valence-corrected chi connectivity index (χ3v) is 5.16. The Bertz CT molecular complexity index is 609. The average molecular weight is 341 g/mol. The molecule has 134 valence electrons. The summed E-state index contributed by atoms with van der Waals surface area (Å²) in [6.07, 6.45) is 14.2. The Kier molecular flexibility index (Phi) is 6.20. The number of rotatable bonds is 3. The van der Waals surface area contributed by atoms with Crippen molar-refractivity contribution in [1.82, 2.24) is 14.8 Å². The molecule has 2 amide bonds. The lowest BCUT2D eigenvalue weighted by Crippen LogP contribution is -2.36. The quantitative estimate of drug-likeness (QED) is 0.795. The Morgan fingerprint density at radius 1 is 1.00 bits per heavy atom. The molecule has 5 nitrogen and oxygen atoms in total. The predicted molar refractivity (Wildman–Crippen MR) is 97.1 cm³/mol. The van der Waals surface area contributed by atoms with E-state index in [0.717, 1.165) is 6.42 Å². The molecule has 5 heteroatoms. The van der Waals surface area contributed by atoms with Crippen molar-refractivity contribution in [2.24, 2.45) is 5.92 Å². The van der Waals surface area contributed by atoms with Crippen LogP contribution in [0.25, 0.3) is 0 Å². The average Bonchev–Trinajstić information content (AvgIpc) is 2.93. The van der Waals surface area contributed by atoms with Crippen LogP contribution in [-0.2, 0) is 4.79 Å². The van der Waals surface area contributed by atoms with E-state index in [-0.39, 0.29) is 11.8 Å². The van der Waals surface area contributed by atoms with Crippen molar-refractivity contribution in [3.8, 4) is 0 Å². The van der Waals surface area contributed by atoms with E-state index in [2.05, 4.69) is 11.1 Å². The molecule has 0 atom stereocenters. The van der Waals surface area contributed by atoms with E-state index in [1.165, 1.54) is 32.1 Å². The van der Waals surface area contributed by atoms with Gasteiger partial charge in [-0.25, -0.2) is 0 Å². The van der Waals surface area contributed by atoms with Gasteiger partial charge in [-0.2, -0.15) is 0 Å². The minimum absolute atomic E-state index is 0.000136. The number of aromatic nitrogens is 1. The van der Waals surface area contributed by atoms with Crippen molar-refractivity contribution in [2.45, 2.75) is 38.5 Å². The second kappa shape index (κ2) is 8.79. The zero-order chi connectivity index (χ0) is 17.5. The first kappa shape index (κ1) is 17.6. The van der Waals surface area contributed by atoms with Crippen LogP contribution in [0, 0.1) is 5.92 Å². The van der Waals surface area contributed by atoms with Crippen molar-refractivity contribution in [3.63, 3.8) is 0 Å². The molecule has 1 saturated carbocycles. The summed E-state index contributed by atoms with van der Waals surface area (Å²) in [5.74, 6) is 0.648. The van der Waals surface area contributed by atoms with Gasteiger partial charge in [0.25, 0.3) is 5.91 Å². The first-order chi connectivity index (χ1) is 12.2. The van der Waals surface area contributed by atoms with E-state index in [0.29, 0.717) is 37.7 Å². The van der Waals surface area contributed by atoms with Crippen molar-refractivity contribution in [2.75, 3.05) is 26.2 Å². The highest BCUT2D eigenvalue weighted by Crippen LogP contribution is 2.24. The molecule has 0 bridgehead atoms. The van der Waals surface area contributed by atoms with Crippen LogP contribution in [-0.4, -0.2) is 52.8 Å². The molecule has 3 rings (SSSR count). The fourth-order valence-corrected chi connectivity index (χ4v) is 3.66. The van der Waals surface area contributed by atoms with Gasteiger partial charge >= 0.3 is 0 Å². The predicted octanol–water partition coefficient (Wildman–Crippen LogP) is 2.89. The number of carbonyl (C=O) groups excluding carboxylic acids is 2. The number of hydrogen-bond acceptors (Lipinski definition) is 3. The Morgan fingerprint density at radius 3 is 2.52 bits per heavy atom. The molecule has 1 saturated heterocycles. The smallest absolute Gasteiger partial charge is 0.255 e. The molecule has 1 aromatic heterocycles. The van der Waals surface area contributed by atoms with Gasteiger partial charge in [-0.3, -0.25) is 14.6 Å².